The highest BCUT2D eigenvalue weighted by atomic mass is 35.5. The van der Waals surface area contributed by atoms with E-state index in [9.17, 15) is 14.4 Å². The van der Waals surface area contributed by atoms with Crippen LogP contribution in [0.5, 0.6) is 0 Å². The highest BCUT2D eigenvalue weighted by Crippen LogP contribution is 2.25. The molecule has 0 aliphatic heterocycles. The van der Waals surface area contributed by atoms with Gasteiger partial charge >= 0.3 is 0 Å². The second-order valence-corrected chi connectivity index (χ2v) is 6.07. The third kappa shape index (κ3) is 4.14. The number of anilines is 1. The lowest BCUT2D eigenvalue weighted by atomic mass is 10.1. The Morgan fingerprint density at radius 3 is 2.67 bits per heavy atom. The summed E-state index contributed by atoms with van der Waals surface area (Å²) in [6.07, 6.45) is 1.28. The first kappa shape index (κ1) is 18.6. The van der Waals surface area contributed by atoms with Crippen LogP contribution in [-0.4, -0.2) is 16.2 Å². The minimum absolute atomic E-state index is 0.0228. The lowest BCUT2D eigenvalue weighted by molar-refractivity contribution is 0.628. The van der Waals surface area contributed by atoms with E-state index in [-0.39, 0.29) is 27.3 Å². The van der Waals surface area contributed by atoms with Crippen molar-refractivity contribution in [3.63, 3.8) is 0 Å². The summed E-state index contributed by atoms with van der Waals surface area (Å²) >= 11 is 11.5. The molecular weight excluding hydrogens is 392 g/mol. The van der Waals surface area contributed by atoms with Crippen molar-refractivity contribution in [1.29, 1.82) is 5.26 Å². The summed E-state index contributed by atoms with van der Waals surface area (Å²) < 4.78 is 13.6. The predicted molar refractivity (Wildman–Crippen MR) is 103 cm³/mol. The predicted octanol–water partition coefficient (Wildman–Crippen LogP) is 4.20. The fourth-order valence-corrected chi connectivity index (χ4v) is 2.58. The minimum atomic E-state index is -0.679. The Morgan fingerprint density at radius 1 is 1.26 bits per heavy atom. The molecule has 9 heteroatoms. The van der Waals surface area contributed by atoms with E-state index >= 15 is 0 Å². The lowest BCUT2D eigenvalue weighted by Gasteiger charge is -2.06. The summed E-state index contributed by atoms with van der Waals surface area (Å²) in [5, 5.41) is 13.0. The van der Waals surface area contributed by atoms with Crippen LogP contribution in [0.25, 0.3) is 11.3 Å². The normalized spacial score (nSPS) is 10.7. The van der Waals surface area contributed by atoms with Crippen LogP contribution < -0.4 is 11.0 Å². The van der Waals surface area contributed by atoms with Gasteiger partial charge in [0.25, 0.3) is 5.56 Å². The lowest BCUT2D eigenvalue weighted by Crippen LogP contribution is -2.16. The van der Waals surface area contributed by atoms with Crippen LogP contribution in [0.4, 0.5) is 10.3 Å². The fourth-order valence-electron chi connectivity index (χ4n) is 2.25. The smallest absolute Gasteiger partial charge is 0.270 e. The Kier molecular flexibility index (Phi) is 5.50. The summed E-state index contributed by atoms with van der Waals surface area (Å²) in [7, 11) is 0. The van der Waals surface area contributed by atoms with Crippen molar-refractivity contribution in [3.05, 3.63) is 79.8 Å². The van der Waals surface area contributed by atoms with Gasteiger partial charge in [0.15, 0.2) is 0 Å². The van der Waals surface area contributed by atoms with Gasteiger partial charge in [-0.1, -0.05) is 53.5 Å². The number of benzene rings is 2. The molecule has 0 unspecified atom stereocenters. The second kappa shape index (κ2) is 7.99. The average molecular weight is 402 g/mol. The molecule has 2 N–H and O–H groups in total. The third-order valence-corrected chi connectivity index (χ3v) is 4.25. The van der Waals surface area contributed by atoms with E-state index in [0.717, 1.165) is 6.07 Å². The van der Waals surface area contributed by atoms with Crippen LogP contribution in [0.15, 0.2) is 52.4 Å². The maximum atomic E-state index is 13.6. The molecule has 0 aliphatic rings. The van der Waals surface area contributed by atoms with Crippen molar-refractivity contribution in [1.82, 2.24) is 9.97 Å². The Hall–Kier alpha value is -3.21. The number of nitrogens with one attached hydrogen (secondary N) is 2. The number of nitrogens with zero attached hydrogens (tertiary/aromatic N) is 3. The number of nitriles is 1. The van der Waals surface area contributed by atoms with Gasteiger partial charge in [0.2, 0.25) is 5.95 Å². The van der Waals surface area contributed by atoms with Crippen LogP contribution in [0.1, 0.15) is 11.1 Å². The molecule has 3 rings (SSSR count). The first-order valence-electron chi connectivity index (χ1n) is 7.53. The SMILES string of the molecule is N#Cc1c(-c2ccccc2)nc(NN=Cc2cc(F)c(Cl)c(Cl)c2)[nH]c1=O. The van der Waals surface area contributed by atoms with Gasteiger partial charge in [-0.2, -0.15) is 10.4 Å². The topological polar surface area (TPSA) is 93.9 Å². The van der Waals surface area contributed by atoms with Gasteiger partial charge in [0.1, 0.15) is 17.4 Å². The highest BCUT2D eigenvalue weighted by Gasteiger charge is 2.13. The molecule has 0 fully saturated rings. The molecule has 0 spiro atoms. The molecule has 2 aromatic carbocycles. The van der Waals surface area contributed by atoms with Gasteiger partial charge in [-0.3, -0.25) is 9.78 Å². The van der Waals surface area contributed by atoms with Crippen molar-refractivity contribution in [3.8, 4) is 17.3 Å². The Labute approximate surface area is 162 Å². The molecule has 0 aliphatic carbocycles. The number of halogens is 3. The van der Waals surface area contributed by atoms with Crippen molar-refractivity contribution in [2.24, 2.45) is 5.10 Å². The number of aromatic nitrogens is 2. The molecule has 0 amide bonds. The zero-order valence-corrected chi connectivity index (χ0v) is 15.0. The Bertz CT molecular complexity index is 1100. The summed E-state index contributed by atoms with van der Waals surface area (Å²) in [6.45, 7) is 0. The first-order valence-corrected chi connectivity index (χ1v) is 8.28. The third-order valence-electron chi connectivity index (χ3n) is 3.47. The molecule has 0 saturated heterocycles. The molecule has 3 aromatic rings. The molecule has 0 radical (unpaired) electrons. The van der Waals surface area contributed by atoms with E-state index in [1.807, 2.05) is 12.1 Å². The van der Waals surface area contributed by atoms with Gasteiger partial charge in [-0.25, -0.2) is 14.8 Å². The number of hydrogen-bond acceptors (Lipinski definition) is 5. The average Bonchev–Trinajstić information content (AvgIpc) is 2.66. The number of H-pyrrole nitrogens is 1. The van der Waals surface area contributed by atoms with E-state index in [4.69, 9.17) is 23.2 Å². The Balaban J connectivity index is 1.91. The standard InChI is InChI=1S/C18H10Cl2FN5O/c19-13-6-10(7-14(21)15(13)20)9-23-26-18-24-16(11-4-2-1-3-5-11)12(8-22)17(27)25-18/h1-7,9H,(H2,24,25,26,27). The second-order valence-electron chi connectivity index (χ2n) is 5.28. The van der Waals surface area contributed by atoms with E-state index < -0.39 is 11.4 Å². The highest BCUT2D eigenvalue weighted by molar-refractivity contribution is 6.42. The summed E-state index contributed by atoms with van der Waals surface area (Å²) in [4.78, 5) is 18.8. The molecule has 0 bridgehead atoms. The zero-order chi connectivity index (χ0) is 19.4. The van der Waals surface area contributed by atoms with E-state index in [1.165, 1.54) is 12.3 Å². The van der Waals surface area contributed by atoms with Gasteiger partial charge in [0, 0.05) is 5.56 Å². The van der Waals surface area contributed by atoms with Crippen molar-refractivity contribution in [2.45, 2.75) is 0 Å². The largest absolute Gasteiger partial charge is 0.290 e. The maximum absolute atomic E-state index is 13.6. The number of aromatic amines is 1. The van der Waals surface area contributed by atoms with Gasteiger partial charge < -0.3 is 0 Å². The molecule has 0 atom stereocenters. The molecule has 6 nitrogen and oxygen atoms in total. The van der Waals surface area contributed by atoms with Gasteiger partial charge in [-0.05, 0) is 17.7 Å². The summed E-state index contributed by atoms with van der Waals surface area (Å²) in [5.41, 5.74) is 3.02. The maximum Gasteiger partial charge on any atom is 0.270 e. The molecule has 1 heterocycles. The molecular formula is C18H10Cl2FN5O. The van der Waals surface area contributed by atoms with Crippen LogP contribution in [0.3, 0.4) is 0 Å². The number of hydrogen-bond donors (Lipinski definition) is 2. The molecule has 1 aromatic heterocycles. The zero-order valence-electron chi connectivity index (χ0n) is 13.5. The summed E-state index contributed by atoms with van der Waals surface area (Å²) in [5.74, 6) is -0.656. The van der Waals surface area contributed by atoms with Crippen molar-refractivity contribution >= 4 is 35.4 Å². The van der Waals surface area contributed by atoms with Crippen molar-refractivity contribution in [2.75, 3.05) is 5.43 Å². The van der Waals surface area contributed by atoms with E-state index in [1.54, 1.807) is 24.3 Å². The first-order chi connectivity index (χ1) is 13.0. The minimum Gasteiger partial charge on any atom is -0.290 e. The fraction of sp³-hybridized carbons (Fsp3) is 0. The van der Waals surface area contributed by atoms with Crippen LogP contribution in [-0.2, 0) is 0 Å². The molecule has 27 heavy (non-hydrogen) atoms. The van der Waals surface area contributed by atoms with Gasteiger partial charge in [-0.15, -0.1) is 0 Å². The monoisotopic (exact) mass is 401 g/mol. The molecule has 134 valence electrons. The van der Waals surface area contributed by atoms with Crippen LogP contribution >= 0.6 is 23.2 Å². The van der Waals surface area contributed by atoms with E-state index in [2.05, 4.69) is 20.5 Å². The van der Waals surface area contributed by atoms with Gasteiger partial charge in [0.05, 0.1) is 22.0 Å². The number of hydrazone groups is 1. The van der Waals surface area contributed by atoms with Crippen LogP contribution in [0.2, 0.25) is 10.0 Å². The molecule has 0 saturated carbocycles. The Morgan fingerprint density at radius 2 is 2.00 bits per heavy atom. The van der Waals surface area contributed by atoms with Crippen molar-refractivity contribution < 1.29 is 4.39 Å². The van der Waals surface area contributed by atoms with Crippen LogP contribution in [0, 0.1) is 17.1 Å². The van der Waals surface area contributed by atoms with E-state index in [0.29, 0.717) is 11.1 Å². The number of rotatable bonds is 4. The quantitative estimate of drug-likeness (QED) is 0.389. The summed E-state index contributed by atoms with van der Waals surface area (Å²) in [6, 6.07) is 13.2.